The third kappa shape index (κ3) is 4.58. The zero-order valence-electron chi connectivity index (χ0n) is 13.3. The standard InChI is InChI=1S/C14H28O4Si/c1-10-12(17-11(2)15)8-9-13(16-10)18-19(6,7)14(3,4)5/h10,12-13H,8-9H2,1-7H3. The molecule has 1 aliphatic rings. The molecule has 4 nitrogen and oxygen atoms in total. The van der Waals surface area contributed by atoms with Crippen LogP contribution in [0.15, 0.2) is 0 Å². The summed E-state index contributed by atoms with van der Waals surface area (Å²) < 4.78 is 17.4. The molecule has 1 saturated heterocycles. The Balaban J connectivity index is 2.55. The molecule has 0 radical (unpaired) electrons. The molecule has 1 heterocycles. The maximum Gasteiger partial charge on any atom is 0.302 e. The van der Waals surface area contributed by atoms with Crippen molar-refractivity contribution in [1.29, 1.82) is 0 Å². The molecule has 1 aliphatic heterocycles. The number of esters is 1. The fourth-order valence-corrected chi connectivity index (χ4v) is 3.07. The van der Waals surface area contributed by atoms with Gasteiger partial charge in [0, 0.05) is 13.3 Å². The fourth-order valence-electron chi connectivity index (χ4n) is 1.89. The van der Waals surface area contributed by atoms with Crippen LogP contribution in [0.2, 0.25) is 18.1 Å². The van der Waals surface area contributed by atoms with Gasteiger partial charge in [-0.1, -0.05) is 20.8 Å². The molecule has 0 amide bonds. The highest BCUT2D eigenvalue weighted by atomic mass is 28.4. The van der Waals surface area contributed by atoms with Crippen LogP contribution in [-0.4, -0.2) is 32.8 Å². The van der Waals surface area contributed by atoms with Gasteiger partial charge >= 0.3 is 5.97 Å². The Bertz CT molecular complexity index is 322. The third-order valence-corrected chi connectivity index (χ3v) is 8.59. The van der Waals surface area contributed by atoms with E-state index < -0.39 is 8.32 Å². The zero-order valence-corrected chi connectivity index (χ0v) is 14.3. The van der Waals surface area contributed by atoms with Crippen molar-refractivity contribution in [3.63, 3.8) is 0 Å². The Labute approximate surface area is 117 Å². The molecule has 19 heavy (non-hydrogen) atoms. The lowest BCUT2D eigenvalue weighted by Crippen LogP contribution is -2.48. The van der Waals surface area contributed by atoms with E-state index in [1.165, 1.54) is 6.92 Å². The Morgan fingerprint density at radius 3 is 2.26 bits per heavy atom. The minimum atomic E-state index is -1.81. The summed E-state index contributed by atoms with van der Waals surface area (Å²) in [7, 11) is -1.81. The van der Waals surface area contributed by atoms with E-state index in [2.05, 4.69) is 33.9 Å². The van der Waals surface area contributed by atoms with Crippen LogP contribution >= 0.6 is 0 Å². The molecule has 112 valence electrons. The van der Waals surface area contributed by atoms with Crippen molar-refractivity contribution in [1.82, 2.24) is 0 Å². The van der Waals surface area contributed by atoms with Crippen LogP contribution in [0, 0.1) is 0 Å². The van der Waals surface area contributed by atoms with Gasteiger partial charge in [-0.15, -0.1) is 0 Å². The highest BCUT2D eigenvalue weighted by Crippen LogP contribution is 2.38. The summed E-state index contributed by atoms with van der Waals surface area (Å²) >= 11 is 0. The van der Waals surface area contributed by atoms with E-state index >= 15 is 0 Å². The molecule has 3 atom stereocenters. The third-order valence-electron chi connectivity index (χ3n) is 4.13. The lowest BCUT2D eigenvalue weighted by atomic mass is 10.1. The van der Waals surface area contributed by atoms with Gasteiger partial charge in [-0.2, -0.15) is 0 Å². The van der Waals surface area contributed by atoms with E-state index in [9.17, 15) is 4.79 Å². The van der Waals surface area contributed by atoms with E-state index in [1.807, 2.05) is 6.92 Å². The van der Waals surface area contributed by atoms with Crippen molar-refractivity contribution in [2.24, 2.45) is 0 Å². The van der Waals surface area contributed by atoms with Gasteiger partial charge in [0.15, 0.2) is 8.32 Å². The maximum absolute atomic E-state index is 11.0. The predicted molar refractivity (Wildman–Crippen MR) is 77.4 cm³/mol. The summed E-state index contributed by atoms with van der Waals surface area (Å²) in [5.41, 5.74) is 0. The molecule has 0 saturated carbocycles. The average molecular weight is 288 g/mol. The first kappa shape index (κ1) is 16.7. The van der Waals surface area contributed by atoms with Crippen LogP contribution in [0.4, 0.5) is 0 Å². The van der Waals surface area contributed by atoms with Gasteiger partial charge in [0.25, 0.3) is 0 Å². The first-order valence-corrected chi connectivity index (χ1v) is 9.94. The summed E-state index contributed by atoms with van der Waals surface area (Å²) in [4.78, 5) is 11.0. The van der Waals surface area contributed by atoms with E-state index in [-0.39, 0.29) is 29.5 Å². The van der Waals surface area contributed by atoms with Gasteiger partial charge in [0.05, 0.1) is 6.10 Å². The van der Waals surface area contributed by atoms with E-state index in [4.69, 9.17) is 13.9 Å². The summed E-state index contributed by atoms with van der Waals surface area (Å²) in [5, 5.41) is 0.173. The summed E-state index contributed by atoms with van der Waals surface area (Å²) in [6.45, 7) is 14.5. The van der Waals surface area contributed by atoms with Gasteiger partial charge in [0.2, 0.25) is 0 Å². The number of carbonyl (C=O) groups excluding carboxylic acids is 1. The van der Waals surface area contributed by atoms with E-state index in [1.54, 1.807) is 0 Å². The van der Waals surface area contributed by atoms with Crippen LogP contribution in [0.3, 0.4) is 0 Å². The zero-order chi connectivity index (χ0) is 14.8. The highest BCUT2D eigenvalue weighted by molar-refractivity contribution is 6.74. The minimum absolute atomic E-state index is 0.104. The van der Waals surface area contributed by atoms with Crippen molar-refractivity contribution in [2.45, 2.75) is 84.1 Å². The highest BCUT2D eigenvalue weighted by Gasteiger charge is 2.41. The molecule has 0 aromatic carbocycles. The molecule has 5 heteroatoms. The lowest BCUT2D eigenvalue weighted by Gasteiger charge is -2.42. The van der Waals surface area contributed by atoms with E-state index in [0.717, 1.165) is 12.8 Å². The molecule has 0 N–H and O–H groups in total. The predicted octanol–water partition coefficient (Wildman–Crippen LogP) is 3.46. The van der Waals surface area contributed by atoms with Gasteiger partial charge in [-0.25, -0.2) is 0 Å². The fraction of sp³-hybridized carbons (Fsp3) is 0.929. The molecule has 0 aromatic heterocycles. The molecule has 3 unspecified atom stereocenters. The number of rotatable bonds is 3. The van der Waals surface area contributed by atoms with Crippen LogP contribution in [0.5, 0.6) is 0 Å². The molecular weight excluding hydrogens is 260 g/mol. The first-order valence-electron chi connectivity index (χ1n) is 7.03. The van der Waals surface area contributed by atoms with Crippen LogP contribution in [-0.2, 0) is 18.7 Å². The Hall–Kier alpha value is -0.393. The summed E-state index contributed by atoms with van der Waals surface area (Å²) in [6.07, 6.45) is 1.18. The number of hydrogen-bond acceptors (Lipinski definition) is 4. The second kappa shape index (κ2) is 5.93. The van der Waals surface area contributed by atoms with Gasteiger partial charge in [-0.05, 0) is 31.5 Å². The number of hydrogen-bond donors (Lipinski definition) is 0. The lowest BCUT2D eigenvalue weighted by molar-refractivity contribution is -0.200. The summed E-state index contributed by atoms with van der Waals surface area (Å²) in [6, 6.07) is 0. The molecule has 0 aliphatic carbocycles. The Morgan fingerprint density at radius 2 is 1.84 bits per heavy atom. The SMILES string of the molecule is CC(=O)OC1CCC(O[Si](C)(C)C(C)(C)C)OC1C. The Morgan fingerprint density at radius 1 is 1.26 bits per heavy atom. The maximum atomic E-state index is 11.0. The van der Waals surface area contributed by atoms with Crippen molar-refractivity contribution < 1.29 is 18.7 Å². The van der Waals surface area contributed by atoms with Crippen molar-refractivity contribution in [2.75, 3.05) is 0 Å². The average Bonchev–Trinajstić information content (AvgIpc) is 2.19. The second-order valence-electron chi connectivity index (χ2n) is 6.87. The van der Waals surface area contributed by atoms with Crippen LogP contribution < -0.4 is 0 Å². The minimum Gasteiger partial charge on any atom is -0.460 e. The monoisotopic (exact) mass is 288 g/mol. The number of carbonyl (C=O) groups is 1. The summed E-state index contributed by atoms with van der Waals surface area (Å²) in [5.74, 6) is -0.246. The van der Waals surface area contributed by atoms with Crippen LogP contribution in [0.25, 0.3) is 0 Å². The van der Waals surface area contributed by atoms with Gasteiger partial charge in [0.1, 0.15) is 12.4 Å². The van der Waals surface area contributed by atoms with Gasteiger partial charge in [-0.3, -0.25) is 4.79 Å². The topological polar surface area (TPSA) is 44.8 Å². The number of ether oxygens (including phenoxy) is 2. The first-order chi connectivity index (χ1) is 8.53. The molecule has 1 fully saturated rings. The quantitative estimate of drug-likeness (QED) is 0.589. The second-order valence-corrected chi connectivity index (χ2v) is 11.6. The molecule has 1 rings (SSSR count). The molecule has 0 bridgehead atoms. The molecule has 0 aromatic rings. The van der Waals surface area contributed by atoms with Crippen LogP contribution in [0.1, 0.15) is 47.5 Å². The largest absolute Gasteiger partial charge is 0.460 e. The Kier molecular flexibility index (Phi) is 5.20. The smallest absolute Gasteiger partial charge is 0.302 e. The van der Waals surface area contributed by atoms with Gasteiger partial charge < -0.3 is 13.9 Å². The molecular formula is C14H28O4Si. The van der Waals surface area contributed by atoms with Crippen molar-refractivity contribution in [3.8, 4) is 0 Å². The van der Waals surface area contributed by atoms with Crippen molar-refractivity contribution in [3.05, 3.63) is 0 Å². The normalized spacial score (nSPS) is 29.1. The van der Waals surface area contributed by atoms with E-state index in [0.29, 0.717) is 0 Å². The molecule has 0 spiro atoms. The van der Waals surface area contributed by atoms with Crippen molar-refractivity contribution >= 4 is 14.3 Å².